The van der Waals surface area contributed by atoms with Crippen molar-refractivity contribution < 1.29 is 8.78 Å². The number of hydrogen-bond acceptors (Lipinski definition) is 5. The van der Waals surface area contributed by atoms with Gasteiger partial charge in [0.05, 0.1) is 0 Å². The molecule has 0 spiro atoms. The van der Waals surface area contributed by atoms with Gasteiger partial charge in [-0.3, -0.25) is 0 Å². The number of benzene rings is 2. The number of anilines is 5. The maximum atomic E-state index is 13.3. The van der Waals surface area contributed by atoms with E-state index in [0.29, 0.717) is 11.5 Å². The van der Waals surface area contributed by atoms with Gasteiger partial charge in [0.15, 0.2) is 23.3 Å². The van der Waals surface area contributed by atoms with Crippen LogP contribution in [0.2, 0.25) is 0 Å². The summed E-state index contributed by atoms with van der Waals surface area (Å²) in [5.41, 5.74) is 7.43. The highest BCUT2D eigenvalue weighted by Crippen LogP contribution is 2.28. The van der Waals surface area contributed by atoms with E-state index in [-0.39, 0.29) is 11.5 Å². The first-order valence-electron chi connectivity index (χ1n) is 6.88. The fraction of sp³-hybridized carbons (Fsp3) is 0. The number of nitrogens with two attached hydrogens (primary N) is 1. The van der Waals surface area contributed by atoms with Crippen molar-refractivity contribution in [1.82, 2.24) is 9.97 Å². The van der Waals surface area contributed by atoms with E-state index in [0.717, 1.165) is 22.3 Å². The largest absolute Gasteiger partial charge is 0.393 e. The highest BCUT2D eigenvalue weighted by Gasteiger charge is 2.10. The molecule has 0 saturated carbocycles. The number of nitrogens with one attached hydrogen (secondary N) is 2. The summed E-state index contributed by atoms with van der Waals surface area (Å²) in [4.78, 5) is 8.13. The number of hydrogen-bond donors (Lipinski definition) is 3. The van der Waals surface area contributed by atoms with Crippen molar-refractivity contribution >= 4 is 44.6 Å². The standard InChI is InChI=1S/C16H12BrF2N5/c17-9-1-3-10(4-2-9)23-15-14(20)16(22-8-21-15)24-11-5-6-12(18)13(19)7-11/h1-8H,20H2,(H2,21,22,23,24). The molecule has 0 unspecified atom stereocenters. The van der Waals surface area contributed by atoms with Gasteiger partial charge in [0, 0.05) is 21.9 Å². The summed E-state index contributed by atoms with van der Waals surface area (Å²) in [7, 11) is 0. The first kappa shape index (κ1) is 16.1. The first-order valence-corrected chi connectivity index (χ1v) is 7.67. The van der Waals surface area contributed by atoms with Gasteiger partial charge in [-0.05, 0) is 36.4 Å². The minimum atomic E-state index is -0.958. The summed E-state index contributed by atoms with van der Waals surface area (Å²) in [5.74, 6) is -1.19. The Hall–Kier alpha value is -2.74. The maximum Gasteiger partial charge on any atom is 0.160 e. The van der Waals surface area contributed by atoms with Crippen molar-refractivity contribution in [2.24, 2.45) is 0 Å². The van der Waals surface area contributed by atoms with Gasteiger partial charge >= 0.3 is 0 Å². The van der Waals surface area contributed by atoms with Crippen LogP contribution in [-0.2, 0) is 0 Å². The number of nitrogens with zero attached hydrogens (tertiary/aromatic N) is 2. The normalized spacial score (nSPS) is 10.5. The third kappa shape index (κ3) is 3.60. The van der Waals surface area contributed by atoms with Crippen LogP contribution in [0.5, 0.6) is 0 Å². The average Bonchev–Trinajstić information content (AvgIpc) is 2.57. The Morgan fingerprint density at radius 1 is 0.833 bits per heavy atom. The zero-order valence-corrected chi connectivity index (χ0v) is 13.8. The molecular weight excluding hydrogens is 380 g/mol. The van der Waals surface area contributed by atoms with Crippen LogP contribution < -0.4 is 16.4 Å². The van der Waals surface area contributed by atoms with Crippen molar-refractivity contribution in [3.05, 3.63) is 64.9 Å². The van der Waals surface area contributed by atoms with Crippen LogP contribution in [0.3, 0.4) is 0 Å². The van der Waals surface area contributed by atoms with Gasteiger partial charge in [-0.25, -0.2) is 18.7 Å². The summed E-state index contributed by atoms with van der Waals surface area (Å²) < 4.78 is 27.2. The lowest BCUT2D eigenvalue weighted by Gasteiger charge is -2.12. The Balaban J connectivity index is 1.84. The molecule has 24 heavy (non-hydrogen) atoms. The molecule has 0 bridgehead atoms. The zero-order valence-electron chi connectivity index (χ0n) is 12.2. The number of nitrogen functional groups attached to an aromatic ring is 1. The summed E-state index contributed by atoms with van der Waals surface area (Å²) in [6.45, 7) is 0. The van der Waals surface area contributed by atoms with Crippen molar-refractivity contribution in [2.45, 2.75) is 0 Å². The van der Waals surface area contributed by atoms with Crippen LogP contribution in [0.25, 0.3) is 0 Å². The predicted octanol–water partition coefficient (Wildman–Crippen LogP) is 4.59. The number of halogens is 3. The smallest absolute Gasteiger partial charge is 0.160 e. The molecule has 122 valence electrons. The van der Waals surface area contributed by atoms with Gasteiger partial charge in [-0.15, -0.1) is 0 Å². The van der Waals surface area contributed by atoms with Gasteiger partial charge in [0.2, 0.25) is 0 Å². The predicted molar refractivity (Wildman–Crippen MR) is 93.5 cm³/mol. The quantitative estimate of drug-likeness (QED) is 0.606. The minimum Gasteiger partial charge on any atom is -0.393 e. The van der Waals surface area contributed by atoms with Crippen molar-refractivity contribution in [1.29, 1.82) is 0 Å². The van der Waals surface area contributed by atoms with Gasteiger partial charge < -0.3 is 16.4 Å². The van der Waals surface area contributed by atoms with Crippen LogP contribution >= 0.6 is 15.9 Å². The Labute approximate surface area is 145 Å². The molecule has 4 N–H and O–H groups in total. The van der Waals surface area contributed by atoms with Gasteiger partial charge in [0.25, 0.3) is 0 Å². The van der Waals surface area contributed by atoms with E-state index in [1.807, 2.05) is 24.3 Å². The SMILES string of the molecule is Nc1c(Nc2ccc(Br)cc2)ncnc1Nc1ccc(F)c(F)c1. The van der Waals surface area contributed by atoms with E-state index in [2.05, 4.69) is 36.5 Å². The molecule has 1 aromatic heterocycles. The second-order valence-corrected chi connectivity index (χ2v) is 5.79. The van der Waals surface area contributed by atoms with E-state index in [1.54, 1.807) is 0 Å². The molecule has 8 heteroatoms. The summed E-state index contributed by atoms with van der Waals surface area (Å²) in [6.07, 6.45) is 1.32. The molecule has 0 aliphatic heterocycles. The van der Waals surface area contributed by atoms with Crippen molar-refractivity contribution in [3.63, 3.8) is 0 Å². The molecule has 2 aromatic carbocycles. The average molecular weight is 392 g/mol. The zero-order chi connectivity index (χ0) is 17.1. The number of rotatable bonds is 4. The third-order valence-electron chi connectivity index (χ3n) is 3.17. The molecular formula is C16H12BrF2N5. The first-order chi connectivity index (χ1) is 11.5. The van der Waals surface area contributed by atoms with E-state index < -0.39 is 11.6 Å². The molecule has 0 saturated heterocycles. The van der Waals surface area contributed by atoms with E-state index in [4.69, 9.17) is 5.73 Å². The third-order valence-corrected chi connectivity index (χ3v) is 3.70. The Morgan fingerprint density at radius 2 is 1.42 bits per heavy atom. The van der Waals surface area contributed by atoms with Crippen LogP contribution in [-0.4, -0.2) is 9.97 Å². The molecule has 0 amide bonds. The number of aromatic nitrogens is 2. The summed E-state index contributed by atoms with van der Waals surface area (Å²) in [6, 6.07) is 10.9. The monoisotopic (exact) mass is 391 g/mol. The minimum absolute atomic E-state index is 0.255. The van der Waals surface area contributed by atoms with Crippen LogP contribution in [0, 0.1) is 11.6 Å². The molecule has 0 radical (unpaired) electrons. The molecule has 0 fully saturated rings. The molecule has 0 aliphatic carbocycles. The fourth-order valence-electron chi connectivity index (χ4n) is 1.98. The molecule has 1 heterocycles. The van der Waals surface area contributed by atoms with E-state index in [1.165, 1.54) is 12.4 Å². The molecule has 3 aromatic rings. The second-order valence-electron chi connectivity index (χ2n) is 4.87. The van der Waals surface area contributed by atoms with Crippen LogP contribution in [0.4, 0.5) is 37.5 Å². The maximum absolute atomic E-state index is 13.3. The van der Waals surface area contributed by atoms with E-state index in [9.17, 15) is 8.78 Å². The van der Waals surface area contributed by atoms with Gasteiger partial charge in [-0.1, -0.05) is 15.9 Å². The topological polar surface area (TPSA) is 75.9 Å². The summed E-state index contributed by atoms with van der Waals surface area (Å²) in [5, 5.41) is 5.92. The Kier molecular flexibility index (Phi) is 4.57. The van der Waals surface area contributed by atoms with Gasteiger partial charge in [-0.2, -0.15) is 0 Å². The van der Waals surface area contributed by atoms with E-state index >= 15 is 0 Å². The van der Waals surface area contributed by atoms with Crippen LogP contribution in [0.15, 0.2) is 53.3 Å². The van der Waals surface area contributed by atoms with Gasteiger partial charge in [0.1, 0.15) is 12.0 Å². The molecule has 3 rings (SSSR count). The fourth-order valence-corrected chi connectivity index (χ4v) is 2.24. The molecule has 0 aliphatic rings. The molecule has 5 nitrogen and oxygen atoms in total. The highest BCUT2D eigenvalue weighted by atomic mass is 79.9. The lowest BCUT2D eigenvalue weighted by atomic mass is 10.3. The lowest BCUT2D eigenvalue weighted by molar-refractivity contribution is 0.509. The van der Waals surface area contributed by atoms with Crippen molar-refractivity contribution in [2.75, 3.05) is 16.4 Å². The Morgan fingerprint density at radius 3 is 2.04 bits per heavy atom. The molecule has 0 atom stereocenters. The second kappa shape index (κ2) is 6.79. The Bertz CT molecular complexity index is 871. The van der Waals surface area contributed by atoms with Crippen LogP contribution in [0.1, 0.15) is 0 Å². The highest BCUT2D eigenvalue weighted by molar-refractivity contribution is 9.10. The lowest BCUT2D eigenvalue weighted by Crippen LogP contribution is -2.05. The van der Waals surface area contributed by atoms with Crippen molar-refractivity contribution in [3.8, 4) is 0 Å². The summed E-state index contributed by atoms with van der Waals surface area (Å²) >= 11 is 3.36.